The number of rotatable bonds is 6. The Morgan fingerprint density at radius 3 is 2.27 bits per heavy atom. The monoisotopic (exact) mass is 388 g/mol. The van der Waals surface area contributed by atoms with Crippen LogP contribution in [0.2, 0.25) is 5.02 Å². The van der Waals surface area contributed by atoms with Crippen molar-refractivity contribution in [3.63, 3.8) is 0 Å². The fourth-order valence-electron chi connectivity index (χ4n) is 2.46. The largest absolute Gasteiger partial charge is 0.325 e. The summed E-state index contributed by atoms with van der Waals surface area (Å²) in [6, 6.07) is 19.3. The second-order valence-electron chi connectivity index (χ2n) is 5.39. The Balaban J connectivity index is 1.83. The molecule has 3 rings (SSSR count). The molecule has 1 heterocycles. The van der Waals surface area contributed by atoms with Gasteiger partial charge in [-0.15, -0.1) is 10.2 Å². The quantitative estimate of drug-likeness (QED) is 0.688. The third kappa shape index (κ3) is 3.95. The Morgan fingerprint density at radius 2 is 1.65 bits per heavy atom. The molecule has 1 aromatic heterocycles. The minimum atomic E-state index is -3.83. The fraction of sp³-hybridized carbons (Fsp3) is 0.111. The molecule has 0 aliphatic rings. The lowest BCUT2D eigenvalue weighted by Crippen LogP contribution is -2.19. The van der Waals surface area contributed by atoms with Crippen LogP contribution >= 0.6 is 11.6 Å². The Kier molecular flexibility index (Phi) is 5.39. The summed E-state index contributed by atoms with van der Waals surface area (Å²) in [5.74, 6) is 0.747. The van der Waals surface area contributed by atoms with Gasteiger partial charge in [0.05, 0.1) is 5.02 Å². The predicted molar refractivity (Wildman–Crippen MR) is 103 cm³/mol. The zero-order valence-corrected chi connectivity index (χ0v) is 15.6. The second kappa shape index (κ2) is 7.72. The number of anilines is 3. The lowest BCUT2D eigenvalue weighted by atomic mass is 10.3. The fourth-order valence-corrected chi connectivity index (χ4v) is 3.98. The molecule has 0 aliphatic carbocycles. The number of nitrogens with zero attached hydrogens (tertiary/aromatic N) is 3. The van der Waals surface area contributed by atoms with Crippen molar-refractivity contribution in [1.82, 2.24) is 10.2 Å². The maximum atomic E-state index is 12.4. The van der Waals surface area contributed by atoms with Crippen molar-refractivity contribution in [2.24, 2.45) is 0 Å². The maximum absolute atomic E-state index is 12.4. The first kappa shape index (κ1) is 18.2. The van der Waals surface area contributed by atoms with E-state index in [1.54, 1.807) is 24.3 Å². The number of hydrogen-bond acceptors (Lipinski definition) is 5. The molecule has 134 valence electrons. The topological polar surface area (TPSA) is 75.2 Å². The van der Waals surface area contributed by atoms with Crippen molar-refractivity contribution in [2.75, 3.05) is 16.2 Å². The maximum Gasteiger partial charge on any atom is 0.264 e. The Bertz CT molecular complexity index is 980. The predicted octanol–water partition coefficient (Wildman–Crippen LogP) is 4.09. The van der Waals surface area contributed by atoms with Crippen molar-refractivity contribution in [3.8, 4) is 0 Å². The third-order valence-electron chi connectivity index (χ3n) is 3.68. The molecule has 2 aromatic carbocycles. The van der Waals surface area contributed by atoms with Crippen molar-refractivity contribution >= 4 is 38.9 Å². The van der Waals surface area contributed by atoms with Crippen LogP contribution in [-0.2, 0) is 10.0 Å². The average Bonchev–Trinajstić information content (AvgIpc) is 2.64. The van der Waals surface area contributed by atoms with Gasteiger partial charge in [0, 0.05) is 12.2 Å². The number of halogens is 1. The molecule has 0 unspecified atom stereocenters. The van der Waals surface area contributed by atoms with Crippen LogP contribution in [0, 0.1) is 0 Å². The third-order valence-corrected chi connectivity index (χ3v) is 5.53. The molecule has 0 aliphatic heterocycles. The number of aromatic nitrogens is 2. The van der Waals surface area contributed by atoms with Gasteiger partial charge in [-0.3, -0.25) is 4.72 Å². The lowest BCUT2D eigenvalue weighted by Gasteiger charge is -2.21. The first-order valence-electron chi connectivity index (χ1n) is 7.95. The lowest BCUT2D eigenvalue weighted by molar-refractivity contribution is 0.601. The molecule has 0 saturated carbocycles. The molecule has 0 bridgehead atoms. The zero-order chi connectivity index (χ0) is 18.6. The number of benzene rings is 2. The molecular weight excluding hydrogens is 372 g/mol. The molecule has 1 N–H and O–H groups in total. The van der Waals surface area contributed by atoms with E-state index < -0.39 is 10.0 Å². The first-order chi connectivity index (χ1) is 12.5. The summed E-state index contributed by atoms with van der Waals surface area (Å²) in [5, 5.41) is 8.28. The number of nitrogens with one attached hydrogen (secondary N) is 1. The molecule has 0 amide bonds. The molecule has 26 heavy (non-hydrogen) atoms. The molecule has 3 aromatic rings. The standard InChI is InChI=1S/C18H17ClN4O2S/c1-2-23(14-8-4-3-5-9-14)18-13-12-17(20-21-18)22-26(24,25)16-11-7-6-10-15(16)19/h3-13H,2H2,1H3,(H,20,22). The van der Waals surface area contributed by atoms with Gasteiger partial charge >= 0.3 is 0 Å². The van der Waals surface area contributed by atoms with Gasteiger partial charge in [-0.1, -0.05) is 41.9 Å². The van der Waals surface area contributed by atoms with Gasteiger partial charge in [-0.05, 0) is 43.3 Å². The highest BCUT2D eigenvalue weighted by Gasteiger charge is 2.18. The smallest absolute Gasteiger partial charge is 0.264 e. The van der Waals surface area contributed by atoms with Gasteiger partial charge in [-0.25, -0.2) is 8.42 Å². The Labute approximate surface area is 157 Å². The van der Waals surface area contributed by atoms with Crippen molar-refractivity contribution < 1.29 is 8.42 Å². The summed E-state index contributed by atoms with van der Waals surface area (Å²) < 4.78 is 27.3. The summed E-state index contributed by atoms with van der Waals surface area (Å²) in [6.07, 6.45) is 0. The molecule has 6 nitrogen and oxygen atoms in total. The summed E-state index contributed by atoms with van der Waals surface area (Å²) in [4.78, 5) is 1.96. The number of para-hydroxylation sites is 1. The van der Waals surface area contributed by atoms with Gasteiger partial charge in [0.15, 0.2) is 11.6 Å². The van der Waals surface area contributed by atoms with Crippen LogP contribution in [0.1, 0.15) is 6.92 Å². The summed E-state index contributed by atoms with van der Waals surface area (Å²) in [5.41, 5.74) is 0.980. The highest BCUT2D eigenvalue weighted by atomic mass is 35.5. The number of sulfonamides is 1. The summed E-state index contributed by atoms with van der Waals surface area (Å²) in [7, 11) is -3.83. The van der Waals surface area contributed by atoms with E-state index in [4.69, 9.17) is 11.6 Å². The first-order valence-corrected chi connectivity index (χ1v) is 9.81. The zero-order valence-electron chi connectivity index (χ0n) is 14.0. The van der Waals surface area contributed by atoms with Gasteiger partial charge in [0.1, 0.15) is 4.90 Å². The molecule has 0 fully saturated rings. The van der Waals surface area contributed by atoms with E-state index >= 15 is 0 Å². The van der Waals surface area contributed by atoms with Crippen LogP contribution in [0.25, 0.3) is 0 Å². The molecule has 0 atom stereocenters. The van der Waals surface area contributed by atoms with E-state index in [2.05, 4.69) is 14.9 Å². The highest BCUT2D eigenvalue weighted by Crippen LogP contribution is 2.25. The van der Waals surface area contributed by atoms with Crippen molar-refractivity contribution in [2.45, 2.75) is 11.8 Å². The van der Waals surface area contributed by atoms with Gasteiger partial charge in [0.25, 0.3) is 10.0 Å². The van der Waals surface area contributed by atoms with Crippen LogP contribution in [0.15, 0.2) is 71.6 Å². The minimum absolute atomic E-state index is 0.00739. The van der Waals surface area contributed by atoms with E-state index in [1.807, 2.05) is 42.2 Å². The van der Waals surface area contributed by atoms with Crippen molar-refractivity contribution in [3.05, 3.63) is 71.8 Å². The van der Waals surface area contributed by atoms with Crippen LogP contribution in [0.4, 0.5) is 17.3 Å². The SMILES string of the molecule is CCN(c1ccccc1)c1ccc(NS(=O)(=O)c2ccccc2Cl)nn1. The second-order valence-corrected chi connectivity index (χ2v) is 7.45. The van der Waals surface area contributed by atoms with Gasteiger partial charge < -0.3 is 4.90 Å². The summed E-state index contributed by atoms with van der Waals surface area (Å²) >= 11 is 5.97. The Morgan fingerprint density at radius 1 is 0.962 bits per heavy atom. The van der Waals surface area contributed by atoms with Crippen LogP contribution < -0.4 is 9.62 Å². The van der Waals surface area contributed by atoms with E-state index in [9.17, 15) is 8.42 Å². The van der Waals surface area contributed by atoms with E-state index in [0.29, 0.717) is 12.4 Å². The van der Waals surface area contributed by atoms with Crippen LogP contribution in [-0.4, -0.2) is 25.2 Å². The summed E-state index contributed by atoms with van der Waals surface area (Å²) in [6.45, 7) is 2.70. The molecule has 0 spiro atoms. The average molecular weight is 389 g/mol. The van der Waals surface area contributed by atoms with Crippen LogP contribution in [0.5, 0.6) is 0 Å². The molecule has 8 heteroatoms. The Hall–Kier alpha value is -2.64. The molecule has 0 radical (unpaired) electrons. The van der Waals surface area contributed by atoms with E-state index in [0.717, 1.165) is 5.69 Å². The van der Waals surface area contributed by atoms with E-state index in [1.165, 1.54) is 12.1 Å². The normalized spacial score (nSPS) is 11.2. The molecule has 0 saturated heterocycles. The van der Waals surface area contributed by atoms with Gasteiger partial charge in [-0.2, -0.15) is 0 Å². The number of hydrogen-bond donors (Lipinski definition) is 1. The van der Waals surface area contributed by atoms with Gasteiger partial charge in [0.2, 0.25) is 0 Å². The van der Waals surface area contributed by atoms with Crippen LogP contribution in [0.3, 0.4) is 0 Å². The highest BCUT2D eigenvalue weighted by molar-refractivity contribution is 7.92. The molecular formula is C18H17ClN4O2S. The van der Waals surface area contributed by atoms with Crippen molar-refractivity contribution in [1.29, 1.82) is 0 Å². The van der Waals surface area contributed by atoms with E-state index in [-0.39, 0.29) is 15.7 Å². The minimum Gasteiger partial charge on any atom is -0.325 e.